The summed E-state index contributed by atoms with van der Waals surface area (Å²) in [5, 5.41) is 3.56. The molecular weight excluding hydrogens is 184 g/mol. The van der Waals surface area contributed by atoms with Gasteiger partial charge in [0.15, 0.2) is 0 Å². The lowest BCUT2D eigenvalue weighted by Crippen LogP contribution is -2.20. The van der Waals surface area contributed by atoms with E-state index in [9.17, 15) is 0 Å². The van der Waals surface area contributed by atoms with Crippen LogP contribution in [-0.2, 0) is 6.42 Å². The Balaban J connectivity index is 1.65. The van der Waals surface area contributed by atoms with Crippen LogP contribution in [0.1, 0.15) is 31.7 Å². The van der Waals surface area contributed by atoms with Crippen molar-refractivity contribution >= 4 is 0 Å². The standard InChI is InChI=1S/C13H20N2/c1-11(4-9-15-13-2-3-13)10-12-5-7-14-8-6-12/h5-8,11,13,15H,2-4,9-10H2,1H3. The Morgan fingerprint density at radius 2 is 2.13 bits per heavy atom. The van der Waals surface area contributed by atoms with E-state index in [1.54, 1.807) is 0 Å². The van der Waals surface area contributed by atoms with Gasteiger partial charge in [-0.1, -0.05) is 6.92 Å². The molecule has 1 aromatic rings. The third-order valence-corrected chi connectivity index (χ3v) is 2.98. The van der Waals surface area contributed by atoms with Crippen molar-refractivity contribution in [1.82, 2.24) is 10.3 Å². The van der Waals surface area contributed by atoms with Crippen LogP contribution < -0.4 is 5.32 Å². The molecule has 2 heteroatoms. The fourth-order valence-electron chi connectivity index (χ4n) is 1.84. The molecule has 1 aliphatic rings. The molecule has 0 aliphatic heterocycles. The summed E-state index contributed by atoms with van der Waals surface area (Å²) in [6.07, 6.45) is 8.99. The van der Waals surface area contributed by atoms with E-state index < -0.39 is 0 Å². The molecule has 2 nitrogen and oxygen atoms in total. The van der Waals surface area contributed by atoms with Crippen LogP contribution in [0, 0.1) is 5.92 Å². The van der Waals surface area contributed by atoms with Crippen molar-refractivity contribution in [2.75, 3.05) is 6.54 Å². The molecule has 0 radical (unpaired) electrons. The van der Waals surface area contributed by atoms with Gasteiger partial charge >= 0.3 is 0 Å². The summed E-state index contributed by atoms with van der Waals surface area (Å²) in [5.41, 5.74) is 1.41. The average Bonchev–Trinajstić information content (AvgIpc) is 3.03. The second-order valence-corrected chi connectivity index (χ2v) is 4.68. The molecule has 0 bridgehead atoms. The second kappa shape index (κ2) is 5.26. The summed E-state index contributed by atoms with van der Waals surface area (Å²) < 4.78 is 0. The normalized spacial score (nSPS) is 17.7. The maximum Gasteiger partial charge on any atom is 0.0270 e. The lowest BCUT2D eigenvalue weighted by molar-refractivity contribution is 0.497. The van der Waals surface area contributed by atoms with E-state index in [1.165, 1.54) is 37.8 Å². The van der Waals surface area contributed by atoms with Crippen molar-refractivity contribution < 1.29 is 0 Å². The minimum atomic E-state index is 0.763. The molecule has 1 saturated carbocycles. The van der Waals surface area contributed by atoms with Gasteiger partial charge in [-0.3, -0.25) is 4.98 Å². The molecular formula is C13H20N2. The first-order valence-electron chi connectivity index (χ1n) is 5.97. The summed E-state index contributed by atoms with van der Waals surface area (Å²) in [7, 11) is 0. The van der Waals surface area contributed by atoms with Crippen LogP contribution in [0.4, 0.5) is 0 Å². The van der Waals surface area contributed by atoms with Gasteiger partial charge in [0.05, 0.1) is 0 Å². The summed E-state index contributed by atoms with van der Waals surface area (Å²) >= 11 is 0. The fraction of sp³-hybridized carbons (Fsp3) is 0.615. The van der Waals surface area contributed by atoms with Crippen LogP contribution >= 0.6 is 0 Å². The van der Waals surface area contributed by atoms with Gasteiger partial charge < -0.3 is 5.32 Å². The number of pyridine rings is 1. The zero-order valence-corrected chi connectivity index (χ0v) is 9.45. The topological polar surface area (TPSA) is 24.9 Å². The molecule has 1 unspecified atom stereocenters. The van der Waals surface area contributed by atoms with Gasteiger partial charge in [0.2, 0.25) is 0 Å². The summed E-state index contributed by atoms with van der Waals surface area (Å²) in [6, 6.07) is 5.08. The van der Waals surface area contributed by atoms with Crippen molar-refractivity contribution in [3.8, 4) is 0 Å². The number of hydrogen-bond donors (Lipinski definition) is 1. The van der Waals surface area contributed by atoms with Crippen molar-refractivity contribution in [2.45, 2.75) is 38.6 Å². The predicted octanol–water partition coefficient (Wildman–Crippen LogP) is 2.40. The van der Waals surface area contributed by atoms with Crippen LogP contribution in [0.5, 0.6) is 0 Å². The third-order valence-electron chi connectivity index (χ3n) is 2.98. The largest absolute Gasteiger partial charge is 0.314 e. The number of hydrogen-bond acceptors (Lipinski definition) is 2. The van der Waals surface area contributed by atoms with Gasteiger partial charge in [-0.2, -0.15) is 0 Å². The first-order chi connectivity index (χ1) is 7.34. The van der Waals surface area contributed by atoms with Gasteiger partial charge in [-0.25, -0.2) is 0 Å². The molecule has 82 valence electrons. The molecule has 0 aromatic carbocycles. The quantitative estimate of drug-likeness (QED) is 0.769. The highest BCUT2D eigenvalue weighted by molar-refractivity contribution is 5.10. The van der Waals surface area contributed by atoms with Crippen LogP contribution in [0.2, 0.25) is 0 Å². The lowest BCUT2D eigenvalue weighted by atomic mass is 9.99. The van der Waals surface area contributed by atoms with Crippen molar-refractivity contribution in [3.63, 3.8) is 0 Å². The predicted molar refractivity (Wildman–Crippen MR) is 62.7 cm³/mol. The Morgan fingerprint density at radius 3 is 2.80 bits per heavy atom. The molecule has 1 aromatic heterocycles. The first-order valence-corrected chi connectivity index (χ1v) is 5.97. The average molecular weight is 204 g/mol. The number of nitrogens with zero attached hydrogens (tertiary/aromatic N) is 1. The Morgan fingerprint density at radius 1 is 1.40 bits per heavy atom. The monoisotopic (exact) mass is 204 g/mol. The van der Waals surface area contributed by atoms with E-state index in [0.29, 0.717) is 0 Å². The van der Waals surface area contributed by atoms with Crippen LogP contribution in [0.3, 0.4) is 0 Å². The maximum absolute atomic E-state index is 4.03. The molecule has 1 heterocycles. The molecule has 1 fully saturated rings. The molecule has 0 amide bonds. The molecule has 1 atom stereocenters. The highest BCUT2D eigenvalue weighted by Crippen LogP contribution is 2.19. The molecule has 0 spiro atoms. The first kappa shape index (κ1) is 10.6. The zero-order chi connectivity index (χ0) is 10.5. The van der Waals surface area contributed by atoms with Gasteiger partial charge in [0, 0.05) is 18.4 Å². The third kappa shape index (κ3) is 4.00. The number of rotatable bonds is 6. The minimum absolute atomic E-state index is 0.763. The zero-order valence-electron chi connectivity index (χ0n) is 9.45. The van der Waals surface area contributed by atoms with Gasteiger partial charge in [0.1, 0.15) is 0 Å². The van der Waals surface area contributed by atoms with Crippen LogP contribution in [-0.4, -0.2) is 17.6 Å². The maximum atomic E-state index is 4.03. The highest BCUT2D eigenvalue weighted by Gasteiger charge is 2.19. The smallest absolute Gasteiger partial charge is 0.0270 e. The van der Waals surface area contributed by atoms with E-state index in [4.69, 9.17) is 0 Å². The van der Waals surface area contributed by atoms with E-state index in [1.807, 2.05) is 12.4 Å². The molecule has 0 saturated heterocycles. The summed E-state index contributed by atoms with van der Waals surface area (Å²) in [4.78, 5) is 4.03. The summed E-state index contributed by atoms with van der Waals surface area (Å²) in [6.45, 7) is 3.51. The van der Waals surface area contributed by atoms with E-state index in [2.05, 4.69) is 29.4 Å². The van der Waals surface area contributed by atoms with Crippen molar-refractivity contribution in [2.24, 2.45) is 5.92 Å². The van der Waals surface area contributed by atoms with Crippen LogP contribution in [0.25, 0.3) is 0 Å². The fourth-order valence-corrected chi connectivity index (χ4v) is 1.84. The Bertz CT molecular complexity index is 280. The van der Waals surface area contributed by atoms with E-state index in [0.717, 1.165) is 12.0 Å². The summed E-state index contributed by atoms with van der Waals surface area (Å²) in [5.74, 6) is 0.763. The van der Waals surface area contributed by atoms with Crippen molar-refractivity contribution in [1.29, 1.82) is 0 Å². The van der Waals surface area contributed by atoms with Crippen molar-refractivity contribution in [3.05, 3.63) is 30.1 Å². The number of nitrogens with one attached hydrogen (secondary N) is 1. The van der Waals surface area contributed by atoms with E-state index in [-0.39, 0.29) is 0 Å². The number of aromatic nitrogens is 1. The Hall–Kier alpha value is -0.890. The molecule has 15 heavy (non-hydrogen) atoms. The van der Waals surface area contributed by atoms with Crippen LogP contribution in [0.15, 0.2) is 24.5 Å². The highest BCUT2D eigenvalue weighted by atomic mass is 14.9. The Labute approximate surface area is 92.1 Å². The SMILES string of the molecule is CC(CCNC1CC1)Cc1ccncc1. The molecule has 2 rings (SSSR count). The molecule has 1 aliphatic carbocycles. The Kier molecular flexibility index (Phi) is 3.73. The van der Waals surface area contributed by atoms with Gasteiger partial charge in [0.25, 0.3) is 0 Å². The lowest BCUT2D eigenvalue weighted by Gasteiger charge is -2.11. The van der Waals surface area contributed by atoms with E-state index >= 15 is 0 Å². The van der Waals surface area contributed by atoms with Gasteiger partial charge in [-0.05, 0) is 55.8 Å². The molecule has 1 N–H and O–H groups in total. The second-order valence-electron chi connectivity index (χ2n) is 4.68. The minimum Gasteiger partial charge on any atom is -0.314 e. The van der Waals surface area contributed by atoms with Gasteiger partial charge in [-0.15, -0.1) is 0 Å².